The van der Waals surface area contributed by atoms with Crippen LogP contribution in [0.25, 0.3) is 0 Å². The van der Waals surface area contributed by atoms with Crippen LogP contribution in [0.5, 0.6) is 5.75 Å². The van der Waals surface area contributed by atoms with Crippen molar-refractivity contribution >= 4 is 11.8 Å². The number of likely N-dealkylation sites (tertiary alicyclic amines) is 1. The lowest BCUT2D eigenvalue weighted by atomic mass is 9.79. The van der Waals surface area contributed by atoms with Gasteiger partial charge in [0.05, 0.1) is 13.7 Å². The number of hydrogen-bond donors (Lipinski definition) is 1. The van der Waals surface area contributed by atoms with Crippen LogP contribution in [0.3, 0.4) is 0 Å². The molecule has 4 rings (SSSR count). The number of nitrogens with zero attached hydrogens (tertiary/aromatic N) is 2. The zero-order valence-corrected chi connectivity index (χ0v) is 15.2. The summed E-state index contributed by atoms with van der Waals surface area (Å²) in [5.74, 6) is -0.187. The van der Waals surface area contributed by atoms with Gasteiger partial charge in [0, 0.05) is 24.4 Å². The molecule has 0 aliphatic carbocycles. The lowest BCUT2D eigenvalue weighted by molar-refractivity contribution is -0.166. The van der Waals surface area contributed by atoms with E-state index in [1.54, 1.807) is 12.0 Å². The van der Waals surface area contributed by atoms with Crippen LogP contribution in [-0.2, 0) is 16.1 Å². The quantitative estimate of drug-likeness (QED) is 0.845. The van der Waals surface area contributed by atoms with E-state index in [1.165, 1.54) is 0 Å². The predicted octanol–water partition coefficient (Wildman–Crippen LogP) is 2.57. The Balaban J connectivity index is 1.80. The van der Waals surface area contributed by atoms with Gasteiger partial charge in [0.25, 0.3) is 5.91 Å². The number of hydrogen-bond acceptors (Lipinski definition) is 4. The number of hydroxylamine groups is 2. The molecule has 0 unspecified atom stereocenters. The summed E-state index contributed by atoms with van der Waals surface area (Å²) < 4.78 is 5.50. The molecular weight excluding hydrogens is 344 g/mol. The van der Waals surface area contributed by atoms with Crippen LogP contribution in [0.2, 0.25) is 0 Å². The summed E-state index contributed by atoms with van der Waals surface area (Å²) in [6.45, 7) is 0.475. The minimum Gasteiger partial charge on any atom is -0.496 e. The largest absolute Gasteiger partial charge is 0.496 e. The lowest BCUT2D eigenvalue weighted by Crippen LogP contribution is -2.53. The van der Waals surface area contributed by atoms with Gasteiger partial charge in [-0.2, -0.15) is 0 Å². The molecule has 2 atom stereocenters. The summed E-state index contributed by atoms with van der Waals surface area (Å²) in [5.41, 5.74) is 0.698. The normalized spacial score (nSPS) is 24.9. The topological polar surface area (TPSA) is 70.1 Å². The van der Waals surface area contributed by atoms with Crippen molar-refractivity contribution in [1.29, 1.82) is 0 Å². The average Bonchev–Trinajstić information content (AvgIpc) is 3.15. The third kappa shape index (κ3) is 2.68. The van der Waals surface area contributed by atoms with Gasteiger partial charge in [-0.15, -0.1) is 0 Å². The second kappa shape index (κ2) is 6.70. The summed E-state index contributed by atoms with van der Waals surface area (Å²) >= 11 is 0. The number of carbonyl (C=O) groups excluding carboxylic acids is 2. The molecule has 1 N–H and O–H groups in total. The first-order chi connectivity index (χ1) is 13.1. The van der Waals surface area contributed by atoms with Gasteiger partial charge in [-0.1, -0.05) is 48.5 Å². The molecule has 2 amide bonds. The summed E-state index contributed by atoms with van der Waals surface area (Å²) in [7, 11) is 1.58. The number of methoxy groups -OCH3 is 1. The highest BCUT2D eigenvalue weighted by molar-refractivity contribution is 5.97. The number of amides is 2. The molecule has 0 saturated carbocycles. The second-order valence-electron chi connectivity index (χ2n) is 7.07. The van der Waals surface area contributed by atoms with E-state index < -0.39 is 11.4 Å². The molecular formula is C21H22N2O4. The highest BCUT2D eigenvalue weighted by atomic mass is 16.5. The Kier molecular flexibility index (Phi) is 4.36. The summed E-state index contributed by atoms with van der Waals surface area (Å²) in [5, 5.41) is 11.1. The maximum Gasteiger partial charge on any atom is 0.272 e. The molecule has 2 aromatic rings. The average molecular weight is 366 g/mol. The molecule has 2 aromatic carbocycles. The molecule has 6 heteroatoms. The Bertz CT molecular complexity index is 869. The zero-order chi connectivity index (χ0) is 19.0. The molecule has 6 nitrogen and oxygen atoms in total. The summed E-state index contributed by atoms with van der Waals surface area (Å²) in [6.07, 6.45) is 0.676. The van der Waals surface area contributed by atoms with E-state index in [9.17, 15) is 14.8 Å². The van der Waals surface area contributed by atoms with E-state index in [2.05, 4.69) is 0 Å². The highest BCUT2D eigenvalue weighted by Gasteiger charge is 2.62. The molecule has 2 heterocycles. The lowest BCUT2D eigenvalue weighted by Gasteiger charge is -2.38. The van der Waals surface area contributed by atoms with Crippen LogP contribution in [0, 0.1) is 0 Å². The van der Waals surface area contributed by atoms with Crippen molar-refractivity contribution in [3.8, 4) is 5.75 Å². The first-order valence-corrected chi connectivity index (χ1v) is 9.06. The summed E-state index contributed by atoms with van der Waals surface area (Å²) in [6, 6.07) is 17.1. The number of ether oxygens (including phenoxy) is 1. The van der Waals surface area contributed by atoms with Crippen molar-refractivity contribution < 1.29 is 19.5 Å². The van der Waals surface area contributed by atoms with Crippen LogP contribution < -0.4 is 4.74 Å². The standard InChI is InChI=1S/C21H22N2O4/c1-27-18-10-6-5-9-16(18)17-14-23(26)20(25)21(17)12-11-19(24)22(21)13-15-7-3-2-4-8-15/h2-10,17,26H,11-14H2,1H3/t17-,21-/m1/s1. The Hall–Kier alpha value is -2.86. The fraction of sp³-hybridized carbons (Fsp3) is 0.333. The zero-order valence-electron chi connectivity index (χ0n) is 15.2. The number of benzene rings is 2. The predicted molar refractivity (Wildman–Crippen MR) is 98.2 cm³/mol. The molecule has 1 spiro atoms. The maximum absolute atomic E-state index is 13.1. The summed E-state index contributed by atoms with van der Waals surface area (Å²) in [4.78, 5) is 27.5. The minimum atomic E-state index is -1.09. The van der Waals surface area contributed by atoms with Gasteiger partial charge in [0.2, 0.25) is 5.91 Å². The van der Waals surface area contributed by atoms with Crippen LogP contribution in [-0.4, -0.2) is 46.2 Å². The Morgan fingerprint density at radius 3 is 2.56 bits per heavy atom. The monoisotopic (exact) mass is 366 g/mol. The van der Waals surface area contributed by atoms with Crippen molar-refractivity contribution in [2.75, 3.05) is 13.7 Å². The molecule has 0 bridgehead atoms. The van der Waals surface area contributed by atoms with E-state index in [4.69, 9.17) is 4.74 Å². The Morgan fingerprint density at radius 2 is 1.81 bits per heavy atom. The molecule has 2 fully saturated rings. The number of rotatable bonds is 4. The Labute approximate surface area is 157 Å². The van der Waals surface area contributed by atoms with E-state index in [1.807, 2.05) is 54.6 Å². The molecule has 2 aliphatic heterocycles. The molecule has 140 valence electrons. The van der Waals surface area contributed by atoms with Gasteiger partial charge in [-0.05, 0) is 18.1 Å². The van der Waals surface area contributed by atoms with Gasteiger partial charge >= 0.3 is 0 Å². The van der Waals surface area contributed by atoms with Gasteiger partial charge < -0.3 is 9.64 Å². The van der Waals surface area contributed by atoms with Crippen molar-refractivity contribution in [1.82, 2.24) is 9.96 Å². The molecule has 2 saturated heterocycles. The number of carbonyl (C=O) groups is 2. The van der Waals surface area contributed by atoms with Gasteiger partial charge in [-0.3, -0.25) is 14.8 Å². The Morgan fingerprint density at radius 1 is 1.11 bits per heavy atom. The third-order valence-corrected chi connectivity index (χ3v) is 5.74. The van der Waals surface area contributed by atoms with Crippen LogP contribution in [0.15, 0.2) is 54.6 Å². The smallest absolute Gasteiger partial charge is 0.272 e. The second-order valence-corrected chi connectivity index (χ2v) is 7.07. The van der Waals surface area contributed by atoms with E-state index in [0.29, 0.717) is 18.7 Å². The third-order valence-electron chi connectivity index (χ3n) is 5.74. The van der Waals surface area contributed by atoms with Gasteiger partial charge in [0.15, 0.2) is 0 Å². The first-order valence-electron chi connectivity index (χ1n) is 9.06. The maximum atomic E-state index is 13.1. The number of para-hydroxylation sites is 1. The SMILES string of the molecule is COc1ccccc1[C@H]1CN(O)C(=O)[C@@]12CCC(=O)N2Cc1ccccc1. The fourth-order valence-corrected chi connectivity index (χ4v) is 4.46. The van der Waals surface area contributed by atoms with Crippen molar-refractivity contribution in [3.05, 3.63) is 65.7 Å². The minimum absolute atomic E-state index is 0.0672. The molecule has 0 aromatic heterocycles. The van der Waals surface area contributed by atoms with E-state index in [-0.39, 0.29) is 24.8 Å². The van der Waals surface area contributed by atoms with Crippen LogP contribution >= 0.6 is 0 Å². The van der Waals surface area contributed by atoms with Crippen molar-refractivity contribution in [2.24, 2.45) is 0 Å². The van der Waals surface area contributed by atoms with Gasteiger partial charge in [-0.25, -0.2) is 5.06 Å². The van der Waals surface area contributed by atoms with E-state index in [0.717, 1.165) is 16.2 Å². The van der Waals surface area contributed by atoms with Crippen LogP contribution in [0.1, 0.15) is 29.9 Å². The molecule has 2 aliphatic rings. The first kappa shape index (κ1) is 17.5. The van der Waals surface area contributed by atoms with E-state index >= 15 is 0 Å². The van der Waals surface area contributed by atoms with Crippen LogP contribution in [0.4, 0.5) is 0 Å². The van der Waals surface area contributed by atoms with Gasteiger partial charge in [0.1, 0.15) is 11.3 Å². The molecule has 27 heavy (non-hydrogen) atoms. The highest BCUT2D eigenvalue weighted by Crippen LogP contribution is 2.50. The van der Waals surface area contributed by atoms with Crippen molar-refractivity contribution in [3.63, 3.8) is 0 Å². The fourth-order valence-electron chi connectivity index (χ4n) is 4.46. The molecule has 0 radical (unpaired) electrons. The van der Waals surface area contributed by atoms with Crippen molar-refractivity contribution in [2.45, 2.75) is 30.8 Å².